The van der Waals surface area contributed by atoms with Gasteiger partial charge in [-0.25, -0.2) is 0 Å². The van der Waals surface area contributed by atoms with Gasteiger partial charge in [0.05, 0.1) is 18.9 Å². The van der Waals surface area contributed by atoms with Gasteiger partial charge in [-0.1, -0.05) is 0 Å². The highest BCUT2D eigenvalue weighted by Gasteiger charge is 2.43. The van der Waals surface area contributed by atoms with Crippen LogP contribution in [0.1, 0.15) is 51.4 Å². The van der Waals surface area contributed by atoms with Gasteiger partial charge in [0.2, 0.25) is 0 Å². The lowest BCUT2D eigenvalue weighted by molar-refractivity contribution is -0.171. The minimum absolute atomic E-state index is 0.250. The lowest BCUT2D eigenvalue weighted by atomic mass is 9.85. The maximum atomic E-state index is 12.2. The van der Waals surface area contributed by atoms with Crippen molar-refractivity contribution in [1.29, 1.82) is 0 Å². The zero-order valence-electron chi connectivity index (χ0n) is 14.8. The van der Waals surface area contributed by atoms with Crippen LogP contribution >= 0.6 is 0 Å². The van der Waals surface area contributed by atoms with Crippen LogP contribution in [0.4, 0.5) is 0 Å². The molecule has 6 heteroatoms. The fourth-order valence-corrected chi connectivity index (χ4v) is 2.51. The Morgan fingerprint density at radius 1 is 1.13 bits per heavy atom. The van der Waals surface area contributed by atoms with Gasteiger partial charge < -0.3 is 9.47 Å². The molecule has 0 saturated carbocycles. The molecule has 0 aliphatic carbocycles. The summed E-state index contributed by atoms with van der Waals surface area (Å²) in [5.74, 6) is -1.02. The molecule has 0 atom stereocenters. The molecular formula is C17H28N2O4. The van der Waals surface area contributed by atoms with Crippen LogP contribution in [0, 0.1) is 19.3 Å². The maximum Gasteiger partial charge on any atom is 0.323 e. The Kier molecular flexibility index (Phi) is 7.26. The van der Waals surface area contributed by atoms with Gasteiger partial charge in [0.25, 0.3) is 0 Å². The van der Waals surface area contributed by atoms with Gasteiger partial charge in [0, 0.05) is 12.2 Å². The number of carbonyl (C=O) groups is 2. The van der Waals surface area contributed by atoms with E-state index >= 15 is 0 Å². The van der Waals surface area contributed by atoms with Crippen molar-refractivity contribution in [2.75, 3.05) is 13.2 Å². The third kappa shape index (κ3) is 5.08. The Morgan fingerprint density at radius 2 is 1.70 bits per heavy atom. The first-order valence-corrected chi connectivity index (χ1v) is 8.20. The van der Waals surface area contributed by atoms with Gasteiger partial charge in [-0.15, -0.1) is 0 Å². The second kappa shape index (κ2) is 8.70. The van der Waals surface area contributed by atoms with Gasteiger partial charge in [0.1, 0.15) is 0 Å². The molecule has 0 aliphatic heterocycles. The Labute approximate surface area is 138 Å². The number of aryl methyl sites for hydroxylation is 3. The summed E-state index contributed by atoms with van der Waals surface area (Å²) in [6.07, 6.45) is 1.95. The molecule has 0 N–H and O–H groups in total. The molecular weight excluding hydrogens is 296 g/mol. The summed E-state index contributed by atoms with van der Waals surface area (Å²) in [6.45, 7) is 10.3. The van der Waals surface area contributed by atoms with Crippen molar-refractivity contribution in [2.24, 2.45) is 5.41 Å². The molecule has 0 radical (unpaired) electrons. The zero-order valence-corrected chi connectivity index (χ0v) is 14.8. The van der Waals surface area contributed by atoms with Crippen LogP contribution in [0.25, 0.3) is 0 Å². The SMILES string of the molecule is CCOC(=O)C(C)(CCCCn1nc(C)cc1C)C(=O)OCC. The molecule has 0 bridgehead atoms. The normalized spacial score (nSPS) is 11.3. The van der Waals surface area contributed by atoms with Gasteiger partial charge in [-0.05, 0) is 59.9 Å². The fraction of sp³-hybridized carbons (Fsp3) is 0.706. The predicted octanol–water partition coefficient (Wildman–Crippen LogP) is 2.80. The van der Waals surface area contributed by atoms with Crippen LogP contribution in [0.2, 0.25) is 0 Å². The van der Waals surface area contributed by atoms with Crippen LogP contribution in [0.15, 0.2) is 6.07 Å². The van der Waals surface area contributed by atoms with E-state index in [1.54, 1.807) is 20.8 Å². The molecule has 0 fully saturated rings. The fourth-order valence-electron chi connectivity index (χ4n) is 2.51. The van der Waals surface area contributed by atoms with Crippen molar-refractivity contribution in [3.8, 4) is 0 Å². The number of hydrogen-bond acceptors (Lipinski definition) is 5. The third-order valence-corrected chi connectivity index (χ3v) is 3.85. The summed E-state index contributed by atoms with van der Waals surface area (Å²) >= 11 is 0. The molecule has 23 heavy (non-hydrogen) atoms. The van der Waals surface area contributed by atoms with E-state index in [0.717, 1.165) is 24.4 Å². The smallest absolute Gasteiger partial charge is 0.323 e. The number of carbonyl (C=O) groups excluding carboxylic acids is 2. The Bertz CT molecular complexity index is 519. The molecule has 1 rings (SSSR count). The molecule has 0 aromatic carbocycles. The number of unbranched alkanes of at least 4 members (excludes halogenated alkanes) is 1. The van der Waals surface area contributed by atoms with Crippen LogP contribution in [0.3, 0.4) is 0 Å². The molecule has 6 nitrogen and oxygen atoms in total. The first kappa shape index (κ1) is 19.2. The summed E-state index contributed by atoms with van der Waals surface area (Å²) in [6, 6.07) is 2.03. The highest BCUT2D eigenvalue weighted by atomic mass is 16.6. The van der Waals surface area contributed by atoms with Crippen molar-refractivity contribution < 1.29 is 19.1 Å². The van der Waals surface area contributed by atoms with E-state index in [4.69, 9.17) is 9.47 Å². The van der Waals surface area contributed by atoms with Gasteiger partial charge in [-0.2, -0.15) is 5.10 Å². The molecule has 130 valence electrons. The van der Waals surface area contributed by atoms with Crippen LogP contribution in [0.5, 0.6) is 0 Å². The maximum absolute atomic E-state index is 12.2. The molecule has 0 aliphatic rings. The monoisotopic (exact) mass is 324 g/mol. The highest BCUT2D eigenvalue weighted by Crippen LogP contribution is 2.28. The van der Waals surface area contributed by atoms with E-state index in [1.807, 2.05) is 24.6 Å². The minimum atomic E-state index is -1.24. The standard InChI is InChI=1S/C17H28N2O4/c1-6-22-15(20)17(5,16(21)23-7-2)10-8-9-11-19-14(4)12-13(3)18-19/h12H,6-11H2,1-5H3. The molecule has 1 aromatic heterocycles. The van der Waals surface area contributed by atoms with Crippen molar-refractivity contribution in [2.45, 2.75) is 60.4 Å². The minimum Gasteiger partial charge on any atom is -0.465 e. The Morgan fingerprint density at radius 3 is 2.13 bits per heavy atom. The first-order chi connectivity index (χ1) is 10.8. The topological polar surface area (TPSA) is 70.4 Å². The van der Waals surface area contributed by atoms with Gasteiger partial charge in [-0.3, -0.25) is 14.3 Å². The largest absolute Gasteiger partial charge is 0.465 e. The number of rotatable bonds is 9. The lowest BCUT2D eigenvalue weighted by Crippen LogP contribution is -2.39. The lowest BCUT2D eigenvalue weighted by Gasteiger charge is -2.24. The average molecular weight is 324 g/mol. The van der Waals surface area contributed by atoms with E-state index in [0.29, 0.717) is 12.8 Å². The van der Waals surface area contributed by atoms with E-state index < -0.39 is 17.4 Å². The van der Waals surface area contributed by atoms with Crippen molar-refractivity contribution >= 4 is 11.9 Å². The van der Waals surface area contributed by atoms with Gasteiger partial charge in [0.15, 0.2) is 5.41 Å². The molecule has 0 spiro atoms. The van der Waals surface area contributed by atoms with Crippen molar-refractivity contribution in [3.05, 3.63) is 17.5 Å². The summed E-state index contributed by atoms with van der Waals surface area (Å²) in [4.78, 5) is 24.3. The average Bonchev–Trinajstić information content (AvgIpc) is 2.81. The Hall–Kier alpha value is -1.85. The van der Waals surface area contributed by atoms with E-state index in [9.17, 15) is 9.59 Å². The number of aromatic nitrogens is 2. The second-order valence-corrected chi connectivity index (χ2v) is 5.88. The molecule has 1 heterocycles. The summed E-state index contributed by atoms with van der Waals surface area (Å²) in [7, 11) is 0. The number of hydrogen-bond donors (Lipinski definition) is 0. The molecule has 0 amide bonds. The van der Waals surface area contributed by atoms with Crippen molar-refractivity contribution in [1.82, 2.24) is 9.78 Å². The molecule has 0 unspecified atom stereocenters. The number of ether oxygens (including phenoxy) is 2. The second-order valence-electron chi connectivity index (χ2n) is 5.88. The summed E-state index contributed by atoms with van der Waals surface area (Å²) < 4.78 is 12.1. The quantitative estimate of drug-likeness (QED) is 0.397. The highest BCUT2D eigenvalue weighted by molar-refractivity contribution is 5.99. The van der Waals surface area contributed by atoms with Crippen LogP contribution < -0.4 is 0 Å². The van der Waals surface area contributed by atoms with Gasteiger partial charge >= 0.3 is 11.9 Å². The Balaban J connectivity index is 2.61. The molecule has 1 aromatic rings. The van der Waals surface area contributed by atoms with Crippen molar-refractivity contribution in [3.63, 3.8) is 0 Å². The predicted molar refractivity (Wildman–Crippen MR) is 86.9 cm³/mol. The zero-order chi connectivity index (χ0) is 17.5. The molecule has 0 saturated heterocycles. The van der Waals surface area contributed by atoms with E-state index in [-0.39, 0.29) is 13.2 Å². The number of esters is 2. The summed E-state index contributed by atoms with van der Waals surface area (Å²) in [5.41, 5.74) is 0.868. The number of nitrogens with zero attached hydrogens (tertiary/aromatic N) is 2. The van der Waals surface area contributed by atoms with E-state index in [1.165, 1.54) is 0 Å². The first-order valence-electron chi connectivity index (χ1n) is 8.20. The van der Waals surface area contributed by atoms with E-state index in [2.05, 4.69) is 5.10 Å². The van der Waals surface area contributed by atoms with Crippen LogP contribution in [-0.2, 0) is 25.6 Å². The van der Waals surface area contributed by atoms with Crippen LogP contribution in [-0.4, -0.2) is 34.9 Å². The third-order valence-electron chi connectivity index (χ3n) is 3.85. The summed E-state index contributed by atoms with van der Waals surface area (Å²) in [5, 5.41) is 4.41.